The first kappa shape index (κ1) is 12.5. The molecule has 0 bridgehead atoms. The fourth-order valence-electron chi connectivity index (χ4n) is 2.46. The van der Waals surface area contributed by atoms with Gasteiger partial charge in [0.25, 0.3) is 11.5 Å². The number of rotatable bonds is 3. The van der Waals surface area contributed by atoms with Gasteiger partial charge in [0.15, 0.2) is 0 Å². The van der Waals surface area contributed by atoms with Crippen LogP contribution in [0.5, 0.6) is 5.75 Å². The number of nitrogens with zero attached hydrogens (tertiary/aromatic N) is 1. The zero-order chi connectivity index (χ0) is 14.3. The molecule has 2 N–H and O–H groups in total. The van der Waals surface area contributed by atoms with Gasteiger partial charge < -0.3 is 15.2 Å². The van der Waals surface area contributed by atoms with Crippen molar-refractivity contribution >= 4 is 16.7 Å². The maximum absolute atomic E-state index is 11.4. The molecule has 1 aliphatic heterocycles. The highest BCUT2D eigenvalue weighted by molar-refractivity contribution is 5.93. The quantitative estimate of drug-likeness (QED) is 0.857. The van der Waals surface area contributed by atoms with Crippen molar-refractivity contribution in [3.63, 3.8) is 0 Å². The Hall–Kier alpha value is -2.58. The Labute approximate surface area is 115 Å². The smallest absolute Gasteiger partial charge is 0.267 e. The molecule has 1 heterocycles. The summed E-state index contributed by atoms with van der Waals surface area (Å²) in [4.78, 5) is 11.4. The summed E-state index contributed by atoms with van der Waals surface area (Å²) < 4.78 is 10.7. The maximum Gasteiger partial charge on any atom is 0.267 e. The lowest BCUT2D eigenvalue weighted by Gasteiger charge is -2.10. The van der Waals surface area contributed by atoms with Crippen LogP contribution in [0.2, 0.25) is 0 Å². The SMILES string of the molecule is COc1c(C2OC2(C#N)C(N)=O)ccc2ccccc12. The highest BCUT2D eigenvalue weighted by Crippen LogP contribution is 2.52. The normalized spacial score (nSPS) is 24.1. The topological polar surface area (TPSA) is 88.6 Å². The summed E-state index contributed by atoms with van der Waals surface area (Å²) in [7, 11) is 1.55. The Morgan fingerprint density at radius 1 is 1.40 bits per heavy atom. The third-order valence-corrected chi connectivity index (χ3v) is 3.54. The Morgan fingerprint density at radius 2 is 2.15 bits per heavy atom. The first-order valence-electron chi connectivity index (χ1n) is 6.08. The molecule has 0 aromatic heterocycles. The average molecular weight is 268 g/mol. The van der Waals surface area contributed by atoms with Gasteiger partial charge in [-0.3, -0.25) is 4.79 Å². The number of hydrogen-bond donors (Lipinski definition) is 1. The molecule has 1 amide bonds. The van der Waals surface area contributed by atoms with E-state index >= 15 is 0 Å². The van der Waals surface area contributed by atoms with Crippen LogP contribution < -0.4 is 10.5 Å². The van der Waals surface area contributed by atoms with Gasteiger partial charge in [-0.05, 0) is 5.39 Å². The number of amides is 1. The summed E-state index contributed by atoms with van der Waals surface area (Å²) in [6.07, 6.45) is -0.676. The highest BCUT2D eigenvalue weighted by atomic mass is 16.6. The molecule has 5 heteroatoms. The Balaban J connectivity index is 2.15. The maximum atomic E-state index is 11.4. The van der Waals surface area contributed by atoms with Crippen LogP contribution in [-0.4, -0.2) is 18.6 Å². The number of hydrogen-bond acceptors (Lipinski definition) is 4. The lowest BCUT2D eigenvalue weighted by Crippen LogP contribution is -2.31. The van der Waals surface area contributed by atoms with Gasteiger partial charge in [0, 0.05) is 10.9 Å². The van der Waals surface area contributed by atoms with Gasteiger partial charge >= 0.3 is 0 Å². The molecule has 3 rings (SSSR count). The molecule has 2 unspecified atom stereocenters. The molecule has 1 fully saturated rings. The zero-order valence-corrected chi connectivity index (χ0v) is 10.8. The summed E-state index contributed by atoms with van der Waals surface area (Å²) >= 11 is 0. The minimum absolute atomic E-state index is 0.603. The molecule has 0 radical (unpaired) electrons. The van der Waals surface area contributed by atoms with E-state index in [0.717, 1.165) is 10.8 Å². The number of nitrogens with two attached hydrogens (primary N) is 1. The van der Waals surface area contributed by atoms with E-state index in [4.69, 9.17) is 20.5 Å². The highest BCUT2D eigenvalue weighted by Gasteiger charge is 2.64. The second-order valence-corrected chi connectivity index (χ2v) is 4.62. The first-order valence-corrected chi connectivity index (χ1v) is 6.08. The molecule has 100 valence electrons. The lowest BCUT2D eigenvalue weighted by molar-refractivity contribution is -0.121. The summed E-state index contributed by atoms with van der Waals surface area (Å²) in [6.45, 7) is 0. The molecular formula is C15H12N2O3. The number of methoxy groups -OCH3 is 1. The van der Waals surface area contributed by atoms with Gasteiger partial charge in [-0.1, -0.05) is 36.4 Å². The van der Waals surface area contributed by atoms with Crippen molar-refractivity contribution in [3.8, 4) is 11.8 Å². The van der Waals surface area contributed by atoms with E-state index in [1.54, 1.807) is 13.2 Å². The number of epoxide rings is 1. The monoisotopic (exact) mass is 268 g/mol. The molecule has 5 nitrogen and oxygen atoms in total. The minimum atomic E-state index is -1.57. The van der Waals surface area contributed by atoms with Crippen LogP contribution in [0.15, 0.2) is 36.4 Å². The number of carbonyl (C=O) groups excluding carboxylic acids is 1. The van der Waals surface area contributed by atoms with Crippen molar-refractivity contribution < 1.29 is 14.3 Å². The molecule has 2 aromatic rings. The summed E-state index contributed by atoms with van der Waals surface area (Å²) in [5.41, 5.74) is 4.33. The van der Waals surface area contributed by atoms with Gasteiger partial charge in [-0.2, -0.15) is 5.26 Å². The second kappa shape index (κ2) is 4.22. The van der Waals surface area contributed by atoms with E-state index in [1.165, 1.54) is 0 Å². The lowest BCUT2D eigenvalue weighted by atomic mass is 9.96. The van der Waals surface area contributed by atoms with Gasteiger partial charge in [0.1, 0.15) is 17.9 Å². The van der Waals surface area contributed by atoms with Gasteiger partial charge in [-0.15, -0.1) is 0 Å². The standard InChI is InChI=1S/C15H12N2O3/c1-19-12-10-5-3-2-4-9(10)6-7-11(12)13-15(8-16,20-13)14(17)18/h2-7,13H,1H3,(H2,17,18). The van der Waals surface area contributed by atoms with E-state index in [-0.39, 0.29) is 0 Å². The van der Waals surface area contributed by atoms with Crippen LogP contribution in [0.1, 0.15) is 11.7 Å². The fourth-order valence-corrected chi connectivity index (χ4v) is 2.46. The summed E-state index contributed by atoms with van der Waals surface area (Å²) in [6, 6.07) is 13.2. The van der Waals surface area contributed by atoms with Crippen molar-refractivity contribution in [3.05, 3.63) is 42.0 Å². The Morgan fingerprint density at radius 3 is 2.75 bits per heavy atom. The molecular weight excluding hydrogens is 256 g/mol. The van der Waals surface area contributed by atoms with Crippen LogP contribution in [0.25, 0.3) is 10.8 Å². The third-order valence-electron chi connectivity index (χ3n) is 3.54. The van der Waals surface area contributed by atoms with Crippen molar-refractivity contribution in [2.45, 2.75) is 11.7 Å². The molecule has 1 saturated heterocycles. The predicted molar refractivity (Wildman–Crippen MR) is 71.9 cm³/mol. The number of ether oxygens (including phenoxy) is 2. The van der Waals surface area contributed by atoms with Crippen LogP contribution in [0.4, 0.5) is 0 Å². The van der Waals surface area contributed by atoms with Gasteiger partial charge in [0.2, 0.25) is 0 Å². The first-order chi connectivity index (χ1) is 9.64. The summed E-state index contributed by atoms with van der Waals surface area (Å²) in [5, 5.41) is 11.0. The molecule has 20 heavy (non-hydrogen) atoms. The molecule has 0 spiro atoms. The minimum Gasteiger partial charge on any atom is -0.496 e. The predicted octanol–water partition coefficient (Wildman–Crippen LogP) is 1.67. The van der Waals surface area contributed by atoms with Gasteiger partial charge in [0.05, 0.1) is 7.11 Å². The van der Waals surface area contributed by atoms with Crippen molar-refractivity contribution in [2.75, 3.05) is 7.11 Å². The Kier molecular flexibility index (Phi) is 2.63. The molecule has 0 saturated carbocycles. The van der Waals surface area contributed by atoms with E-state index in [1.807, 2.05) is 36.4 Å². The van der Waals surface area contributed by atoms with Crippen molar-refractivity contribution in [1.82, 2.24) is 0 Å². The zero-order valence-electron chi connectivity index (χ0n) is 10.8. The van der Waals surface area contributed by atoms with E-state index < -0.39 is 17.6 Å². The largest absolute Gasteiger partial charge is 0.496 e. The number of carbonyl (C=O) groups is 1. The molecule has 0 aliphatic carbocycles. The molecule has 2 aromatic carbocycles. The van der Waals surface area contributed by atoms with Crippen LogP contribution in [0.3, 0.4) is 0 Å². The van der Waals surface area contributed by atoms with Crippen LogP contribution >= 0.6 is 0 Å². The fraction of sp³-hybridized carbons (Fsp3) is 0.200. The number of primary amides is 1. The van der Waals surface area contributed by atoms with Gasteiger partial charge in [-0.25, -0.2) is 0 Å². The molecule has 2 atom stereocenters. The number of fused-ring (bicyclic) bond motifs is 1. The average Bonchev–Trinajstić information content (AvgIpc) is 3.22. The molecule has 1 aliphatic rings. The second-order valence-electron chi connectivity index (χ2n) is 4.62. The summed E-state index contributed by atoms with van der Waals surface area (Å²) in [5.74, 6) is -0.174. The van der Waals surface area contributed by atoms with E-state index in [9.17, 15) is 4.79 Å². The van der Waals surface area contributed by atoms with Crippen molar-refractivity contribution in [1.29, 1.82) is 5.26 Å². The number of nitriles is 1. The van der Waals surface area contributed by atoms with E-state index in [2.05, 4.69) is 0 Å². The third kappa shape index (κ3) is 1.55. The van der Waals surface area contributed by atoms with Crippen LogP contribution in [0, 0.1) is 11.3 Å². The van der Waals surface area contributed by atoms with Crippen molar-refractivity contribution in [2.24, 2.45) is 5.73 Å². The number of benzene rings is 2. The van der Waals surface area contributed by atoms with Crippen LogP contribution in [-0.2, 0) is 9.53 Å². The Bertz CT molecular complexity index is 750. The van der Waals surface area contributed by atoms with E-state index in [0.29, 0.717) is 11.3 Å².